The minimum absolute atomic E-state index is 0.218. The van der Waals surface area contributed by atoms with Crippen LogP contribution in [0.15, 0.2) is 45.6 Å². The van der Waals surface area contributed by atoms with E-state index in [0.717, 1.165) is 26.2 Å². The lowest BCUT2D eigenvalue weighted by molar-refractivity contribution is -0.191. The molecule has 4 nitrogen and oxygen atoms in total. The summed E-state index contributed by atoms with van der Waals surface area (Å²) in [4.78, 5) is 30.3. The Bertz CT molecular complexity index is 935. The summed E-state index contributed by atoms with van der Waals surface area (Å²) in [5, 5.41) is 2.15. The Morgan fingerprint density at radius 2 is 1.67 bits per heavy atom. The molecule has 0 saturated heterocycles. The molecule has 0 aliphatic rings. The van der Waals surface area contributed by atoms with Gasteiger partial charge < -0.3 is 4.74 Å². The number of aryl methyl sites for hydroxylation is 1. The third kappa shape index (κ3) is 5.47. The second-order valence-electron chi connectivity index (χ2n) is 5.45. The molecule has 0 unspecified atom stereocenters. The van der Waals surface area contributed by atoms with Gasteiger partial charge in [-0.2, -0.15) is 9.59 Å². The van der Waals surface area contributed by atoms with Crippen molar-refractivity contribution in [2.24, 2.45) is 0 Å². The standard InChI is InChI=1S/C19H17BrO2S2.CO2/c1-3-12-8-9-23-18(12)13-4-6-14(7-5-13)19-15(10-16(20)24-19)11-17(21)22-2;2-1-3/h4-10H,3,11H2,1-2H3;. The fourth-order valence-corrected chi connectivity index (χ4v) is 5.32. The lowest BCUT2D eigenvalue weighted by Gasteiger charge is -2.06. The molecule has 0 fully saturated rings. The van der Waals surface area contributed by atoms with E-state index in [4.69, 9.17) is 14.3 Å². The van der Waals surface area contributed by atoms with Gasteiger partial charge in [-0.3, -0.25) is 4.79 Å². The van der Waals surface area contributed by atoms with Crippen LogP contribution in [0.2, 0.25) is 0 Å². The van der Waals surface area contributed by atoms with E-state index in [-0.39, 0.29) is 12.1 Å². The number of halogens is 1. The number of methoxy groups -OCH3 is 1. The van der Waals surface area contributed by atoms with Crippen molar-refractivity contribution >= 4 is 50.7 Å². The second-order valence-corrected chi connectivity index (χ2v) is 8.79. The molecule has 2 aromatic heterocycles. The van der Waals surface area contributed by atoms with Crippen LogP contribution in [0.1, 0.15) is 18.1 Å². The molecule has 0 aliphatic carbocycles. The molecule has 0 atom stereocenters. The molecule has 1 aromatic carbocycles. The van der Waals surface area contributed by atoms with Crippen LogP contribution in [0.5, 0.6) is 0 Å². The molecule has 3 aromatic rings. The lowest BCUT2D eigenvalue weighted by Crippen LogP contribution is -2.04. The largest absolute Gasteiger partial charge is 0.469 e. The predicted octanol–water partition coefficient (Wildman–Crippen LogP) is 5.60. The number of ether oxygens (including phenoxy) is 1. The summed E-state index contributed by atoms with van der Waals surface area (Å²) in [5.41, 5.74) is 4.76. The van der Waals surface area contributed by atoms with E-state index in [0.29, 0.717) is 6.42 Å². The van der Waals surface area contributed by atoms with E-state index in [1.54, 1.807) is 22.7 Å². The van der Waals surface area contributed by atoms with E-state index in [1.165, 1.54) is 23.1 Å². The normalized spacial score (nSPS) is 9.89. The molecule has 0 bridgehead atoms. The number of carbonyl (C=O) groups is 1. The molecular weight excluding hydrogens is 448 g/mol. The lowest BCUT2D eigenvalue weighted by atomic mass is 10.0. The maximum absolute atomic E-state index is 11.6. The number of rotatable bonds is 5. The third-order valence-corrected chi connectivity index (χ3v) is 6.61. The van der Waals surface area contributed by atoms with Gasteiger partial charge in [0.15, 0.2) is 0 Å². The van der Waals surface area contributed by atoms with Crippen molar-refractivity contribution in [3.8, 4) is 20.9 Å². The van der Waals surface area contributed by atoms with Gasteiger partial charge in [0, 0.05) is 9.75 Å². The highest BCUT2D eigenvalue weighted by Gasteiger charge is 2.14. The minimum atomic E-state index is -0.218. The van der Waals surface area contributed by atoms with Gasteiger partial charge in [0.05, 0.1) is 17.3 Å². The molecule has 0 spiro atoms. The van der Waals surface area contributed by atoms with Crippen molar-refractivity contribution in [3.05, 3.63) is 56.7 Å². The highest BCUT2D eigenvalue weighted by molar-refractivity contribution is 9.11. The Balaban J connectivity index is 0.000000817. The summed E-state index contributed by atoms with van der Waals surface area (Å²) in [5.74, 6) is -0.218. The highest BCUT2D eigenvalue weighted by atomic mass is 79.9. The van der Waals surface area contributed by atoms with Crippen molar-refractivity contribution in [2.75, 3.05) is 7.11 Å². The maximum atomic E-state index is 11.6. The number of benzene rings is 1. The van der Waals surface area contributed by atoms with Gasteiger partial charge in [-0.05, 0) is 62.1 Å². The first kappa shape index (κ1) is 21.3. The molecular formula is C20H17BrO4S2. The zero-order chi connectivity index (χ0) is 19.8. The van der Waals surface area contributed by atoms with Gasteiger partial charge in [0.1, 0.15) is 0 Å². The Morgan fingerprint density at radius 3 is 2.22 bits per heavy atom. The summed E-state index contributed by atoms with van der Waals surface area (Å²) < 4.78 is 5.82. The quantitative estimate of drug-likeness (QED) is 0.461. The Labute approximate surface area is 173 Å². The monoisotopic (exact) mass is 464 g/mol. The van der Waals surface area contributed by atoms with Gasteiger partial charge in [-0.15, -0.1) is 22.7 Å². The topological polar surface area (TPSA) is 60.4 Å². The summed E-state index contributed by atoms with van der Waals surface area (Å²) in [6.07, 6.45) is 1.59. The molecule has 0 amide bonds. The van der Waals surface area contributed by atoms with Crippen LogP contribution in [0.4, 0.5) is 0 Å². The van der Waals surface area contributed by atoms with Crippen LogP contribution >= 0.6 is 38.6 Å². The molecule has 140 valence electrons. The first-order valence-electron chi connectivity index (χ1n) is 8.05. The van der Waals surface area contributed by atoms with Crippen LogP contribution in [-0.2, 0) is 32.0 Å². The fraction of sp³-hybridized carbons (Fsp3) is 0.200. The van der Waals surface area contributed by atoms with E-state index in [9.17, 15) is 4.79 Å². The highest BCUT2D eigenvalue weighted by Crippen LogP contribution is 2.38. The molecule has 0 aliphatic heterocycles. The Kier molecular flexibility index (Phi) is 8.13. The summed E-state index contributed by atoms with van der Waals surface area (Å²) >= 11 is 6.95. The first-order chi connectivity index (χ1) is 13.0. The van der Waals surface area contributed by atoms with Gasteiger partial charge in [-0.1, -0.05) is 31.2 Å². The SMILES string of the molecule is CCc1ccsc1-c1ccc(-c2sc(Br)cc2CC(=O)OC)cc1.O=C=O. The van der Waals surface area contributed by atoms with E-state index >= 15 is 0 Å². The zero-order valence-corrected chi connectivity index (χ0v) is 18.0. The third-order valence-electron chi connectivity index (χ3n) is 3.88. The number of hydrogen-bond donors (Lipinski definition) is 0. The number of esters is 1. The molecule has 2 heterocycles. The van der Waals surface area contributed by atoms with Gasteiger partial charge in [0.25, 0.3) is 0 Å². The summed E-state index contributed by atoms with van der Waals surface area (Å²) in [6.45, 7) is 2.18. The first-order valence-corrected chi connectivity index (χ1v) is 10.5. The van der Waals surface area contributed by atoms with Gasteiger partial charge in [-0.25, -0.2) is 0 Å². The van der Waals surface area contributed by atoms with Crippen molar-refractivity contribution < 1.29 is 19.1 Å². The van der Waals surface area contributed by atoms with Crippen molar-refractivity contribution in [1.82, 2.24) is 0 Å². The van der Waals surface area contributed by atoms with Crippen molar-refractivity contribution in [2.45, 2.75) is 19.8 Å². The Morgan fingerprint density at radius 1 is 1.07 bits per heavy atom. The predicted molar refractivity (Wildman–Crippen MR) is 111 cm³/mol. The second kappa shape index (κ2) is 10.3. The van der Waals surface area contributed by atoms with Crippen molar-refractivity contribution in [3.63, 3.8) is 0 Å². The van der Waals surface area contributed by atoms with Gasteiger partial charge in [0.2, 0.25) is 0 Å². The summed E-state index contributed by atoms with van der Waals surface area (Å²) in [6, 6.07) is 12.8. The number of hydrogen-bond acceptors (Lipinski definition) is 6. The summed E-state index contributed by atoms with van der Waals surface area (Å²) in [7, 11) is 1.42. The molecule has 7 heteroatoms. The number of thiophene rings is 2. The van der Waals surface area contributed by atoms with E-state index in [1.807, 2.05) is 6.07 Å². The van der Waals surface area contributed by atoms with Crippen LogP contribution in [0.3, 0.4) is 0 Å². The molecule has 0 radical (unpaired) electrons. The molecule has 3 rings (SSSR count). The molecule has 0 N–H and O–H groups in total. The number of carbonyl (C=O) groups excluding carboxylic acids is 3. The Hall–Kier alpha value is -2.05. The fourth-order valence-electron chi connectivity index (χ4n) is 2.64. The van der Waals surface area contributed by atoms with Crippen LogP contribution in [0.25, 0.3) is 20.9 Å². The van der Waals surface area contributed by atoms with E-state index < -0.39 is 0 Å². The van der Waals surface area contributed by atoms with Crippen LogP contribution < -0.4 is 0 Å². The average Bonchev–Trinajstić information content (AvgIpc) is 3.28. The molecule has 0 saturated carbocycles. The zero-order valence-electron chi connectivity index (χ0n) is 14.8. The minimum Gasteiger partial charge on any atom is -0.469 e. The van der Waals surface area contributed by atoms with Crippen LogP contribution in [0, 0.1) is 0 Å². The maximum Gasteiger partial charge on any atom is 0.373 e. The van der Waals surface area contributed by atoms with Crippen LogP contribution in [-0.4, -0.2) is 19.2 Å². The average molecular weight is 465 g/mol. The smallest absolute Gasteiger partial charge is 0.373 e. The van der Waals surface area contributed by atoms with Crippen molar-refractivity contribution in [1.29, 1.82) is 0 Å². The van der Waals surface area contributed by atoms with E-state index in [2.05, 4.69) is 58.6 Å². The molecule has 27 heavy (non-hydrogen) atoms. The van der Waals surface area contributed by atoms with Gasteiger partial charge >= 0.3 is 12.1 Å².